The Kier molecular flexibility index (Phi) is 5.43. The first-order chi connectivity index (χ1) is 11.5. The summed E-state index contributed by atoms with van der Waals surface area (Å²) in [5, 5.41) is 1.58. The maximum Gasteiger partial charge on any atom is 0.482 e. The van der Waals surface area contributed by atoms with Gasteiger partial charge in [0.25, 0.3) is 0 Å². The molecule has 2 rings (SSSR count). The van der Waals surface area contributed by atoms with Gasteiger partial charge in [0.1, 0.15) is 5.75 Å². The summed E-state index contributed by atoms with van der Waals surface area (Å²) < 4.78 is 69.6. The number of amides is 1. The van der Waals surface area contributed by atoms with E-state index in [9.17, 15) is 26.7 Å². The summed E-state index contributed by atoms with van der Waals surface area (Å²) >= 11 is 11.5. The number of nitrogens with one attached hydrogen (secondary N) is 1. The summed E-state index contributed by atoms with van der Waals surface area (Å²) in [5.41, 5.74) is -1.47. The normalized spacial score (nSPS) is 12.0. The van der Waals surface area contributed by atoms with Crippen LogP contribution in [0, 0.1) is 0 Å². The van der Waals surface area contributed by atoms with Crippen LogP contribution in [0.5, 0.6) is 5.75 Å². The second kappa shape index (κ2) is 7.05. The SMILES string of the molecule is O=C(Nc1c(Cl)cccc1Cl)C(F)(F)Oc1cccc(C(F)(F)F)c1. The van der Waals surface area contributed by atoms with Gasteiger partial charge in [0.15, 0.2) is 0 Å². The molecule has 0 aliphatic rings. The van der Waals surface area contributed by atoms with Crippen molar-refractivity contribution in [3.8, 4) is 5.75 Å². The molecule has 0 spiro atoms. The molecular formula is C15H8Cl2F5NO2. The van der Waals surface area contributed by atoms with E-state index in [4.69, 9.17) is 23.2 Å². The molecule has 0 aliphatic heterocycles. The number of carbonyl (C=O) groups is 1. The summed E-state index contributed by atoms with van der Waals surface area (Å²) in [7, 11) is 0. The maximum absolute atomic E-state index is 13.9. The van der Waals surface area contributed by atoms with Gasteiger partial charge >= 0.3 is 18.2 Å². The summed E-state index contributed by atoms with van der Waals surface area (Å²) in [6.45, 7) is 0. The van der Waals surface area contributed by atoms with Crippen LogP contribution in [0.3, 0.4) is 0 Å². The molecule has 0 unspecified atom stereocenters. The number of hydrogen-bond acceptors (Lipinski definition) is 2. The first kappa shape index (κ1) is 19.3. The number of benzene rings is 2. The number of carbonyl (C=O) groups excluding carboxylic acids is 1. The number of anilines is 1. The molecule has 0 atom stereocenters. The first-order valence-corrected chi connectivity index (χ1v) is 7.26. The lowest BCUT2D eigenvalue weighted by atomic mass is 10.2. The Bertz CT molecular complexity index is 775. The van der Waals surface area contributed by atoms with E-state index >= 15 is 0 Å². The smallest absolute Gasteiger partial charge is 0.425 e. The van der Waals surface area contributed by atoms with E-state index in [-0.39, 0.29) is 15.7 Å². The third-order valence-electron chi connectivity index (χ3n) is 2.87. The quantitative estimate of drug-likeness (QED) is 0.677. The number of para-hydroxylation sites is 1. The van der Waals surface area contributed by atoms with Gasteiger partial charge in [0.05, 0.1) is 21.3 Å². The summed E-state index contributed by atoms with van der Waals surface area (Å²) in [6, 6.07) is 6.79. The molecule has 0 heterocycles. The molecule has 0 fully saturated rings. The van der Waals surface area contributed by atoms with E-state index in [1.165, 1.54) is 18.2 Å². The number of ether oxygens (including phenoxy) is 1. The van der Waals surface area contributed by atoms with E-state index in [0.717, 1.165) is 12.1 Å². The molecule has 134 valence electrons. The highest BCUT2D eigenvalue weighted by Crippen LogP contribution is 2.34. The highest BCUT2D eigenvalue weighted by molar-refractivity contribution is 6.39. The number of alkyl halides is 5. The van der Waals surface area contributed by atoms with Gasteiger partial charge in [-0.2, -0.15) is 22.0 Å². The summed E-state index contributed by atoms with van der Waals surface area (Å²) in [6.07, 6.45) is -9.21. The Morgan fingerprint density at radius 2 is 1.52 bits per heavy atom. The minimum atomic E-state index is -4.75. The minimum Gasteiger partial charge on any atom is -0.425 e. The number of hydrogen-bond donors (Lipinski definition) is 1. The molecule has 0 saturated carbocycles. The van der Waals surface area contributed by atoms with Crippen LogP contribution in [0.1, 0.15) is 5.56 Å². The first-order valence-electron chi connectivity index (χ1n) is 6.50. The molecule has 0 aliphatic carbocycles. The van der Waals surface area contributed by atoms with Gasteiger partial charge in [-0.1, -0.05) is 35.3 Å². The molecular weight excluding hydrogens is 392 g/mol. The molecule has 2 aromatic carbocycles. The lowest BCUT2D eigenvalue weighted by Gasteiger charge is -2.19. The van der Waals surface area contributed by atoms with Crippen LogP contribution < -0.4 is 10.1 Å². The second-order valence-electron chi connectivity index (χ2n) is 4.70. The second-order valence-corrected chi connectivity index (χ2v) is 5.51. The Morgan fingerprint density at radius 1 is 0.960 bits per heavy atom. The largest absolute Gasteiger partial charge is 0.482 e. The van der Waals surface area contributed by atoms with Gasteiger partial charge < -0.3 is 10.1 Å². The topological polar surface area (TPSA) is 38.3 Å². The van der Waals surface area contributed by atoms with Crippen LogP contribution in [0.25, 0.3) is 0 Å². The molecule has 1 amide bonds. The average Bonchev–Trinajstić information content (AvgIpc) is 2.50. The predicted octanol–water partition coefficient (Wildman–Crippen LogP) is 5.62. The van der Waals surface area contributed by atoms with Gasteiger partial charge in [-0.15, -0.1) is 0 Å². The zero-order valence-corrected chi connectivity index (χ0v) is 13.5. The third kappa shape index (κ3) is 4.73. The van der Waals surface area contributed by atoms with E-state index in [1.807, 2.05) is 0 Å². The van der Waals surface area contributed by atoms with Crippen LogP contribution in [0.15, 0.2) is 42.5 Å². The van der Waals surface area contributed by atoms with Crippen molar-refractivity contribution in [2.24, 2.45) is 0 Å². The van der Waals surface area contributed by atoms with Crippen molar-refractivity contribution in [1.82, 2.24) is 0 Å². The van der Waals surface area contributed by atoms with Gasteiger partial charge in [-0.3, -0.25) is 4.79 Å². The van der Waals surface area contributed by atoms with Crippen LogP contribution in [-0.4, -0.2) is 12.0 Å². The molecule has 3 nitrogen and oxygen atoms in total. The summed E-state index contributed by atoms with van der Waals surface area (Å²) in [5.74, 6) is -2.78. The van der Waals surface area contributed by atoms with E-state index in [2.05, 4.69) is 4.74 Å². The van der Waals surface area contributed by atoms with Crippen LogP contribution in [-0.2, 0) is 11.0 Å². The average molecular weight is 400 g/mol. The van der Waals surface area contributed by atoms with E-state index < -0.39 is 29.5 Å². The van der Waals surface area contributed by atoms with Crippen molar-refractivity contribution in [1.29, 1.82) is 0 Å². The van der Waals surface area contributed by atoms with Gasteiger partial charge in [-0.25, -0.2) is 0 Å². The molecule has 0 aromatic heterocycles. The summed E-state index contributed by atoms with van der Waals surface area (Å²) in [4.78, 5) is 11.7. The maximum atomic E-state index is 13.9. The standard InChI is InChI=1S/C15H8Cl2F5NO2/c16-10-5-2-6-11(17)12(10)23-13(24)15(21,22)25-9-4-1-3-8(7-9)14(18,19)20/h1-7H,(H,23,24). The Morgan fingerprint density at radius 3 is 2.08 bits per heavy atom. The highest BCUT2D eigenvalue weighted by atomic mass is 35.5. The fourth-order valence-corrected chi connectivity index (χ4v) is 2.23. The highest BCUT2D eigenvalue weighted by Gasteiger charge is 2.43. The number of rotatable bonds is 4. The van der Waals surface area contributed by atoms with Crippen molar-refractivity contribution in [2.45, 2.75) is 12.3 Å². The van der Waals surface area contributed by atoms with Gasteiger partial charge in [-0.05, 0) is 30.3 Å². The molecule has 2 aromatic rings. The van der Waals surface area contributed by atoms with Crippen molar-refractivity contribution in [2.75, 3.05) is 5.32 Å². The van der Waals surface area contributed by atoms with E-state index in [0.29, 0.717) is 12.1 Å². The minimum absolute atomic E-state index is 0.101. The van der Waals surface area contributed by atoms with Crippen LogP contribution in [0.4, 0.5) is 27.6 Å². The molecule has 25 heavy (non-hydrogen) atoms. The predicted molar refractivity (Wildman–Crippen MR) is 82.1 cm³/mol. The number of halogens is 7. The zero-order valence-electron chi connectivity index (χ0n) is 12.0. The zero-order chi connectivity index (χ0) is 18.8. The lowest BCUT2D eigenvalue weighted by molar-refractivity contribution is -0.187. The molecule has 0 bridgehead atoms. The van der Waals surface area contributed by atoms with Crippen LogP contribution >= 0.6 is 23.2 Å². The van der Waals surface area contributed by atoms with Crippen molar-refractivity contribution >= 4 is 34.8 Å². The molecule has 0 radical (unpaired) electrons. The third-order valence-corrected chi connectivity index (χ3v) is 3.50. The Labute approximate surface area is 148 Å². The molecule has 10 heteroatoms. The Balaban J connectivity index is 2.20. The van der Waals surface area contributed by atoms with E-state index in [1.54, 1.807) is 5.32 Å². The molecule has 0 saturated heterocycles. The van der Waals surface area contributed by atoms with Crippen molar-refractivity contribution < 1.29 is 31.5 Å². The lowest BCUT2D eigenvalue weighted by Crippen LogP contribution is -2.40. The Hall–Kier alpha value is -2.06. The fourth-order valence-electron chi connectivity index (χ4n) is 1.73. The molecule has 1 N–H and O–H groups in total. The monoisotopic (exact) mass is 399 g/mol. The van der Waals surface area contributed by atoms with Gasteiger partial charge in [0.2, 0.25) is 0 Å². The van der Waals surface area contributed by atoms with Crippen molar-refractivity contribution in [3.05, 3.63) is 58.1 Å². The van der Waals surface area contributed by atoms with Crippen molar-refractivity contribution in [3.63, 3.8) is 0 Å². The fraction of sp³-hybridized carbons (Fsp3) is 0.133. The van der Waals surface area contributed by atoms with Gasteiger partial charge in [0, 0.05) is 0 Å². The van der Waals surface area contributed by atoms with Crippen LogP contribution in [0.2, 0.25) is 10.0 Å².